The van der Waals surface area contributed by atoms with Crippen molar-refractivity contribution in [1.29, 1.82) is 0 Å². The van der Waals surface area contributed by atoms with Crippen LogP contribution in [0.25, 0.3) is 5.76 Å². The van der Waals surface area contributed by atoms with E-state index < -0.39 is 5.41 Å². The Labute approximate surface area is 127 Å². The van der Waals surface area contributed by atoms with Crippen molar-refractivity contribution in [2.24, 2.45) is 5.41 Å². The fourth-order valence-corrected chi connectivity index (χ4v) is 1.19. The van der Waals surface area contributed by atoms with E-state index in [0.717, 1.165) is 0 Å². The number of hydrogen-bond donors (Lipinski definition) is 1. The zero-order chi connectivity index (χ0) is 13.1. The summed E-state index contributed by atoms with van der Waals surface area (Å²) < 4.78 is 5.02. The Morgan fingerprint density at radius 2 is 1.72 bits per heavy atom. The molecule has 0 fully saturated rings. The van der Waals surface area contributed by atoms with Crippen LogP contribution in [-0.2, 0) is 31.0 Å². The molecule has 1 aromatic carbocycles. The smallest absolute Gasteiger partial charge is 0.164 e. The number of carbonyl (C=O) groups excluding carboxylic acids is 1. The first kappa shape index (κ1) is 17.1. The number of allylic oxidation sites excluding steroid dienone is 1. The van der Waals surface area contributed by atoms with Crippen molar-refractivity contribution >= 4 is 11.5 Å². The number of methoxy groups -OCH3 is 1. The first-order valence-corrected chi connectivity index (χ1v) is 5.44. The molecule has 1 rings (SSSR count). The van der Waals surface area contributed by atoms with E-state index in [0.29, 0.717) is 11.3 Å². The van der Waals surface area contributed by atoms with Crippen molar-refractivity contribution in [3.8, 4) is 5.75 Å². The summed E-state index contributed by atoms with van der Waals surface area (Å²) in [7, 11) is 1.58. The van der Waals surface area contributed by atoms with Gasteiger partial charge >= 0.3 is 0 Å². The minimum absolute atomic E-state index is 0. The van der Waals surface area contributed by atoms with E-state index in [1.165, 1.54) is 6.08 Å². The topological polar surface area (TPSA) is 46.5 Å². The summed E-state index contributed by atoms with van der Waals surface area (Å²) in [5, 5.41) is 9.82. The average Bonchev–Trinajstić information content (AvgIpc) is 2.27. The SMILES string of the molecule is COc1ccc(/C(O)=C/C(=O)C(C)(C)C)cc1.[Zr]. The molecule has 0 spiro atoms. The van der Waals surface area contributed by atoms with Gasteiger partial charge < -0.3 is 9.84 Å². The van der Waals surface area contributed by atoms with Crippen molar-refractivity contribution in [1.82, 2.24) is 0 Å². The van der Waals surface area contributed by atoms with Gasteiger partial charge in [0.25, 0.3) is 0 Å². The second-order valence-electron chi connectivity index (χ2n) is 4.87. The van der Waals surface area contributed by atoms with Crippen LogP contribution in [0.4, 0.5) is 0 Å². The number of carbonyl (C=O) groups is 1. The number of aliphatic hydroxyl groups excluding tert-OH is 1. The van der Waals surface area contributed by atoms with Crippen LogP contribution in [0.5, 0.6) is 5.75 Å². The fourth-order valence-electron chi connectivity index (χ4n) is 1.19. The minimum atomic E-state index is -0.486. The van der Waals surface area contributed by atoms with Gasteiger partial charge in [-0.1, -0.05) is 20.8 Å². The molecule has 0 aliphatic rings. The molecule has 1 N–H and O–H groups in total. The van der Waals surface area contributed by atoms with Gasteiger partial charge in [0.2, 0.25) is 0 Å². The van der Waals surface area contributed by atoms with Gasteiger partial charge in [-0.25, -0.2) is 0 Å². The van der Waals surface area contributed by atoms with Gasteiger partial charge in [0, 0.05) is 43.3 Å². The second-order valence-corrected chi connectivity index (χ2v) is 4.87. The summed E-state index contributed by atoms with van der Waals surface area (Å²) in [4.78, 5) is 11.7. The molecule has 18 heavy (non-hydrogen) atoms. The van der Waals surface area contributed by atoms with E-state index in [9.17, 15) is 9.90 Å². The van der Waals surface area contributed by atoms with E-state index in [-0.39, 0.29) is 37.7 Å². The number of hydrogen-bond acceptors (Lipinski definition) is 3. The zero-order valence-electron chi connectivity index (χ0n) is 11.2. The average molecular weight is 326 g/mol. The second kappa shape index (κ2) is 6.89. The van der Waals surface area contributed by atoms with E-state index in [1.54, 1.807) is 31.4 Å². The Kier molecular flexibility index (Phi) is 6.55. The van der Waals surface area contributed by atoms with Crippen LogP contribution in [-0.4, -0.2) is 18.0 Å². The molecule has 96 valence electrons. The largest absolute Gasteiger partial charge is 0.507 e. The summed E-state index contributed by atoms with van der Waals surface area (Å²) >= 11 is 0. The Hall–Kier alpha value is -0.887. The molecule has 0 unspecified atom stereocenters. The van der Waals surface area contributed by atoms with E-state index >= 15 is 0 Å². The predicted molar refractivity (Wildman–Crippen MR) is 68.1 cm³/mol. The third kappa shape index (κ3) is 4.77. The van der Waals surface area contributed by atoms with E-state index in [2.05, 4.69) is 0 Å². The number of ether oxygens (including phenoxy) is 1. The van der Waals surface area contributed by atoms with Gasteiger partial charge in [-0.05, 0) is 24.3 Å². The molecular formula is C14H18O3Zr. The Morgan fingerprint density at radius 3 is 2.11 bits per heavy atom. The first-order chi connectivity index (χ1) is 7.84. The van der Waals surface area contributed by atoms with Crippen molar-refractivity contribution in [3.05, 3.63) is 35.9 Å². The molecule has 0 aliphatic heterocycles. The van der Waals surface area contributed by atoms with Gasteiger partial charge in [0.05, 0.1) is 7.11 Å². The molecule has 0 saturated carbocycles. The maximum atomic E-state index is 11.7. The summed E-state index contributed by atoms with van der Waals surface area (Å²) in [5.74, 6) is 0.585. The molecule has 4 heteroatoms. The predicted octanol–water partition coefficient (Wildman–Crippen LogP) is 3.21. The quantitative estimate of drug-likeness (QED) is 0.686. The molecule has 0 heterocycles. The number of aliphatic hydroxyl groups is 1. The molecule has 0 radical (unpaired) electrons. The summed E-state index contributed by atoms with van der Waals surface area (Å²) in [6.45, 7) is 5.44. The van der Waals surface area contributed by atoms with Crippen molar-refractivity contribution < 1.29 is 40.8 Å². The van der Waals surface area contributed by atoms with Gasteiger partial charge in [-0.2, -0.15) is 0 Å². The Bertz CT molecular complexity index is 427. The minimum Gasteiger partial charge on any atom is -0.507 e. The summed E-state index contributed by atoms with van der Waals surface area (Å²) in [6, 6.07) is 6.89. The van der Waals surface area contributed by atoms with Gasteiger partial charge in [0.15, 0.2) is 5.78 Å². The molecule has 0 aliphatic carbocycles. The van der Waals surface area contributed by atoms with Crippen LogP contribution >= 0.6 is 0 Å². The molecule has 0 amide bonds. The molecular weight excluding hydrogens is 307 g/mol. The van der Waals surface area contributed by atoms with Crippen molar-refractivity contribution in [2.45, 2.75) is 20.8 Å². The molecule has 1 aromatic rings. The normalized spacial score (nSPS) is 11.7. The van der Waals surface area contributed by atoms with Gasteiger partial charge in [0.1, 0.15) is 11.5 Å². The zero-order valence-corrected chi connectivity index (χ0v) is 13.6. The summed E-state index contributed by atoms with van der Waals surface area (Å²) in [6.07, 6.45) is 1.27. The molecule has 0 aromatic heterocycles. The molecule has 3 nitrogen and oxygen atoms in total. The van der Waals surface area contributed by atoms with Crippen LogP contribution in [0.2, 0.25) is 0 Å². The third-order valence-electron chi connectivity index (χ3n) is 2.39. The van der Waals surface area contributed by atoms with Crippen LogP contribution in [0, 0.1) is 5.41 Å². The van der Waals surface area contributed by atoms with Gasteiger partial charge in [-0.15, -0.1) is 0 Å². The number of ketones is 1. The van der Waals surface area contributed by atoms with Crippen molar-refractivity contribution in [2.75, 3.05) is 7.11 Å². The van der Waals surface area contributed by atoms with E-state index in [4.69, 9.17) is 4.74 Å². The number of rotatable bonds is 3. The van der Waals surface area contributed by atoms with Crippen LogP contribution in [0.15, 0.2) is 30.3 Å². The van der Waals surface area contributed by atoms with Crippen LogP contribution < -0.4 is 4.74 Å². The fraction of sp³-hybridized carbons (Fsp3) is 0.357. The van der Waals surface area contributed by atoms with Gasteiger partial charge in [-0.3, -0.25) is 4.79 Å². The summed E-state index contributed by atoms with van der Waals surface area (Å²) in [5.41, 5.74) is 0.115. The van der Waals surface area contributed by atoms with Crippen LogP contribution in [0.3, 0.4) is 0 Å². The Morgan fingerprint density at radius 1 is 1.22 bits per heavy atom. The first-order valence-electron chi connectivity index (χ1n) is 5.44. The monoisotopic (exact) mass is 324 g/mol. The third-order valence-corrected chi connectivity index (χ3v) is 2.39. The maximum absolute atomic E-state index is 11.7. The standard InChI is InChI=1S/C14H18O3.Zr/c1-14(2,3)13(16)9-12(15)10-5-7-11(17-4)8-6-10;/h5-9,15H,1-4H3;/b12-9-;. The van der Waals surface area contributed by atoms with E-state index in [1.807, 2.05) is 20.8 Å². The van der Waals surface area contributed by atoms with Crippen LogP contribution in [0.1, 0.15) is 26.3 Å². The molecule has 0 atom stereocenters. The maximum Gasteiger partial charge on any atom is 0.164 e. The van der Waals surface area contributed by atoms with Crippen molar-refractivity contribution in [3.63, 3.8) is 0 Å². The number of benzene rings is 1. The molecule has 0 bridgehead atoms. The molecule has 0 saturated heterocycles. The Balaban J connectivity index is 0.00000289.